The summed E-state index contributed by atoms with van der Waals surface area (Å²) in [6.45, 7) is 5.35. The van der Waals surface area contributed by atoms with Crippen LogP contribution in [0.3, 0.4) is 0 Å². The molecule has 0 aliphatic carbocycles. The number of nitrogens with zero attached hydrogens (tertiary/aromatic N) is 1. The molecule has 1 aliphatic rings. The van der Waals surface area contributed by atoms with Gasteiger partial charge >= 0.3 is 6.03 Å². The molecule has 1 fully saturated rings. The first kappa shape index (κ1) is 19.4. The maximum atomic E-state index is 13.0. The molecule has 2 aromatic carbocycles. The number of carbonyl (C=O) groups is 3. The molecule has 0 unspecified atom stereocenters. The molecule has 1 aliphatic heterocycles. The van der Waals surface area contributed by atoms with E-state index in [-0.39, 0.29) is 6.61 Å². The number of hydrogen-bond acceptors (Lipinski definition) is 4. The Hall–Kier alpha value is -3.35. The molecule has 2 N–H and O–H groups in total. The molecule has 28 heavy (non-hydrogen) atoms. The van der Waals surface area contributed by atoms with Gasteiger partial charge in [0.15, 0.2) is 6.61 Å². The quantitative estimate of drug-likeness (QED) is 0.753. The van der Waals surface area contributed by atoms with E-state index in [2.05, 4.69) is 10.7 Å². The third-order valence-electron chi connectivity index (χ3n) is 4.69. The Balaban J connectivity index is 1.69. The number of nitrogens with one attached hydrogen (secondary N) is 2. The third kappa shape index (κ3) is 3.69. The molecule has 0 aromatic heterocycles. The summed E-state index contributed by atoms with van der Waals surface area (Å²) in [7, 11) is 0. The molecule has 146 valence electrons. The van der Waals surface area contributed by atoms with E-state index in [0.29, 0.717) is 17.7 Å². The van der Waals surface area contributed by atoms with Gasteiger partial charge in [0.25, 0.3) is 11.8 Å². The van der Waals surface area contributed by atoms with Crippen LogP contribution in [-0.2, 0) is 15.1 Å². The standard InChI is InChI=1S/C21H23N3O4/c1-4-21(16-8-6-5-7-9-16)19(26)24(20(27)22-21)23-18(25)13-28-17-11-14(2)10-15(3)12-17/h5-12H,4,13H2,1-3H3,(H,22,27)(H,23,25)/t21-/m0/s1. The average Bonchev–Trinajstić information content (AvgIpc) is 2.91. The summed E-state index contributed by atoms with van der Waals surface area (Å²) in [5.41, 5.74) is 3.84. The second kappa shape index (κ2) is 7.72. The van der Waals surface area contributed by atoms with E-state index < -0.39 is 23.4 Å². The van der Waals surface area contributed by atoms with E-state index in [0.717, 1.165) is 16.1 Å². The topological polar surface area (TPSA) is 87.7 Å². The zero-order valence-corrected chi connectivity index (χ0v) is 16.1. The van der Waals surface area contributed by atoms with Gasteiger partial charge in [0.2, 0.25) is 0 Å². The monoisotopic (exact) mass is 381 g/mol. The number of ether oxygens (including phenoxy) is 1. The lowest BCUT2D eigenvalue weighted by Gasteiger charge is -2.25. The highest BCUT2D eigenvalue weighted by Gasteiger charge is 2.52. The smallest absolute Gasteiger partial charge is 0.344 e. The fraction of sp³-hybridized carbons (Fsp3) is 0.286. The van der Waals surface area contributed by atoms with Crippen LogP contribution in [0.5, 0.6) is 5.75 Å². The number of benzene rings is 2. The minimum Gasteiger partial charge on any atom is -0.484 e. The van der Waals surface area contributed by atoms with Gasteiger partial charge in [0.1, 0.15) is 11.3 Å². The van der Waals surface area contributed by atoms with Gasteiger partial charge in [-0.05, 0) is 49.1 Å². The number of amides is 4. The van der Waals surface area contributed by atoms with Crippen LogP contribution < -0.4 is 15.5 Å². The Kier molecular flexibility index (Phi) is 5.35. The summed E-state index contributed by atoms with van der Waals surface area (Å²) in [4.78, 5) is 37.6. The van der Waals surface area contributed by atoms with E-state index in [9.17, 15) is 14.4 Å². The van der Waals surface area contributed by atoms with Crippen molar-refractivity contribution in [1.82, 2.24) is 15.8 Å². The van der Waals surface area contributed by atoms with Crippen molar-refractivity contribution in [2.45, 2.75) is 32.7 Å². The SMILES string of the molecule is CC[C@@]1(c2ccccc2)NC(=O)N(NC(=O)COc2cc(C)cc(C)c2)C1=O. The Morgan fingerprint density at radius 1 is 1.11 bits per heavy atom. The van der Waals surface area contributed by atoms with E-state index in [1.807, 2.05) is 38.1 Å². The molecular formula is C21H23N3O4. The highest BCUT2D eigenvalue weighted by Crippen LogP contribution is 2.31. The molecular weight excluding hydrogens is 358 g/mol. The van der Waals surface area contributed by atoms with Crippen molar-refractivity contribution in [2.24, 2.45) is 0 Å². The second-order valence-corrected chi connectivity index (χ2v) is 6.84. The van der Waals surface area contributed by atoms with Crippen LogP contribution in [0.1, 0.15) is 30.0 Å². The zero-order valence-electron chi connectivity index (χ0n) is 16.1. The predicted octanol–water partition coefficient (Wildman–Crippen LogP) is 2.57. The molecule has 0 saturated carbocycles. The molecule has 0 radical (unpaired) electrons. The third-order valence-corrected chi connectivity index (χ3v) is 4.69. The van der Waals surface area contributed by atoms with Crippen LogP contribution in [0.4, 0.5) is 4.79 Å². The molecule has 7 heteroatoms. The first-order chi connectivity index (χ1) is 13.4. The van der Waals surface area contributed by atoms with Gasteiger partial charge in [-0.1, -0.05) is 43.3 Å². The summed E-state index contributed by atoms with van der Waals surface area (Å²) < 4.78 is 5.49. The van der Waals surface area contributed by atoms with Gasteiger partial charge in [-0.2, -0.15) is 5.01 Å². The maximum Gasteiger partial charge on any atom is 0.344 e. The van der Waals surface area contributed by atoms with Crippen molar-refractivity contribution in [3.05, 3.63) is 65.2 Å². The normalized spacial score (nSPS) is 18.8. The van der Waals surface area contributed by atoms with Crippen LogP contribution >= 0.6 is 0 Å². The number of imide groups is 1. The van der Waals surface area contributed by atoms with Crippen molar-refractivity contribution in [3.63, 3.8) is 0 Å². The lowest BCUT2D eigenvalue weighted by molar-refractivity contribution is -0.140. The van der Waals surface area contributed by atoms with E-state index >= 15 is 0 Å². The molecule has 1 saturated heterocycles. The second-order valence-electron chi connectivity index (χ2n) is 6.84. The average molecular weight is 381 g/mol. The van der Waals surface area contributed by atoms with Gasteiger partial charge in [0, 0.05) is 0 Å². The minimum atomic E-state index is -1.19. The zero-order chi connectivity index (χ0) is 20.3. The Morgan fingerprint density at radius 3 is 2.36 bits per heavy atom. The summed E-state index contributed by atoms with van der Waals surface area (Å²) in [5, 5.41) is 3.44. The predicted molar refractivity (Wildman–Crippen MR) is 103 cm³/mol. The number of aryl methyl sites for hydroxylation is 2. The van der Waals surface area contributed by atoms with Gasteiger partial charge < -0.3 is 10.1 Å². The molecule has 0 spiro atoms. The molecule has 1 heterocycles. The number of rotatable bonds is 6. The first-order valence-corrected chi connectivity index (χ1v) is 9.08. The number of hydrogen-bond donors (Lipinski definition) is 2. The number of carbonyl (C=O) groups excluding carboxylic acids is 3. The molecule has 7 nitrogen and oxygen atoms in total. The Labute approximate surface area is 163 Å². The van der Waals surface area contributed by atoms with Crippen LogP contribution in [0.2, 0.25) is 0 Å². The maximum absolute atomic E-state index is 13.0. The van der Waals surface area contributed by atoms with Gasteiger partial charge in [0.05, 0.1) is 0 Å². The molecule has 0 bridgehead atoms. The van der Waals surface area contributed by atoms with Crippen molar-refractivity contribution < 1.29 is 19.1 Å². The summed E-state index contributed by atoms with van der Waals surface area (Å²) in [6, 6.07) is 13.9. The fourth-order valence-corrected chi connectivity index (χ4v) is 3.36. The van der Waals surface area contributed by atoms with E-state index in [1.54, 1.807) is 31.2 Å². The van der Waals surface area contributed by atoms with Crippen LogP contribution in [-0.4, -0.2) is 29.5 Å². The van der Waals surface area contributed by atoms with Crippen LogP contribution in [0, 0.1) is 13.8 Å². The molecule has 1 atom stereocenters. The summed E-state index contributed by atoms with van der Waals surface area (Å²) in [5.74, 6) is -0.564. The molecule has 2 aromatic rings. The fourth-order valence-electron chi connectivity index (χ4n) is 3.36. The van der Waals surface area contributed by atoms with E-state index in [4.69, 9.17) is 4.74 Å². The van der Waals surface area contributed by atoms with Gasteiger partial charge in [-0.25, -0.2) is 4.79 Å². The largest absolute Gasteiger partial charge is 0.484 e. The van der Waals surface area contributed by atoms with Crippen LogP contribution in [0.25, 0.3) is 0 Å². The summed E-state index contributed by atoms with van der Waals surface area (Å²) in [6.07, 6.45) is 0.354. The molecule has 4 amide bonds. The van der Waals surface area contributed by atoms with Crippen molar-refractivity contribution in [1.29, 1.82) is 0 Å². The Bertz CT molecular complexity index is 893. The van der Waals surface area contributed by atoms with E-state index in [1.165, 1.54) is 0 Å². The van der Waals surface area contributed by atoms with Crippen molar-refractivity contribution in [3.8, 4) is 5.75 Å². The first-order valence-electron chi connectivity index (χ1n) is 9.08. The lowest BCUT2D eigenvalue weighted by atomic mass is 9.87. The molecule has 3 rings (SSSR count). The minimum absolute atomic E-state index is 0.315. The highest BCUT2D eigenvalue weighted by atomic mass is 16.5. The Morgan fingerprint density at radius 2 is 1.75 bits per heavy atom. The summed E-state index contributed by atoms with van der Waals surface area (Å²) >= 11 is 0. The lowest BCUT2D eigenvalue weighted by Crippen LogP contribution is -2.49. The number of urea groups is 1. The highest BCUT2D eigenvalue weighted by molar-refractivity contribution is 6.08. The van der Waals surface area contributed by atoms with Crippen molar-refractivity contribution in [2.75, 3.05) is 6.61 Å². The van der Waals surface area contributed by atoms with Crippen molar-refractivity contribution >= 4 is 17.8 Å². The number of hydrazine groups is 1. The van der Waals surface area contributed by atoms with Gasteiger partial charge in [-0.3, -0.25) is 15.0 Å². The van der Waals surface area contributed by atoms with Gasteiger partial charge in [-0.15, -0.1) is 0 Å². The van der Waals surface area contributed by atoms with Crippen LogP contribution in [0.15, 0.2) is 48.5 Å².